The van der Waals surface area contributed by atoms with Crippen LogP contribution in [0.3, 0.4) is 0 Å². The highest BCUT2D eigenvalue weighted by atomic mass is 32.2. The summed E-state index contributed by atoms with van der Waals surface area (Å²) < 4.78 is 0. The maximum atomic E-state index is 3.60. The van der Waals surface area contributed by atoms with Gasteiger partial charge in [-0.1, -0.05) is 29.8 Å². The molecule has 0 radical (unpaired) electrons. The molecule has 0 aliphatic carbocycles. The van der Waals surface area contributed by atoms with Gasteiger partial charge in [-0.05, 0) is 31.2 Å². The quantitative estimate of drug-likeness (QED) is 0.760. The van der Waals surface area contributed by atoms with E-state index in [9.17, 15) is 0 Å². The van der Waals surface area contributed by atoms with Gasteiger partial charge in [-0.3, -0.25) is 0 Å². The molecule has 14 heavy (non-hydrogen) atoms. The third-order valence-electron chi connectivity index (χ3n) is 2.59. The largest absolute Gasteiger partial charge is 0.309 e. The van der Waals surface area contributed by atoms with Crippen molar-refractivity contribution in [2.45, 2.75) is 19.4 Å². The molecule has 76 valence electrons. The van der Waals surface area contributed by atoms with Gasteiger partial charge in [-0.25, -0.2) is 0 Å². The van der Waals surface area contributed by atoms with Crippen LogP contribution in [0.4, 0.5) is 0 Å². The van der Waals surface area contributed by atoms with E-state index in [-0.39, 0.29) is 0 Å². The van der Waals surface area contributed by atoms with Crippen molar-refractivity contribution in [2.24, 2.45) is 0 Å². The van der Waals surface area contributed by atoms with E-state index in [1.165, 1.54) is 29.1 Å². The highest BCUT2D eigenvalue weighted by molar-refractivity contribution is 7.99. The zero-order valence-corrected chi connectivity index (χ0v) is 9.44. The van der Waals surface area contributed by atoms with E-state index in [1.54, 1.807) is 0 Å². The number of rotatable bonds is 1. The van der Waals surface area contributed by atoms with Gasteiger partial charge in [0, 0.05) is 11.8 Å². The SMILES string of the molecule is Cc1cccc(C2CSCCCN2)c1. The Morgan fingerprint density at radius 2 is 2.36 bits per heavy atom. The Kier molecular flexibility index (Phi) is 3.49. The Morgan fingerprint density at radius 1 is 1.43 bits per heavy atom. The lowest BCUT2D eigenvalue weighted by Crippen LogP contribution is -2.22. The molecule has 1 aliphatic rings. The average molecular weight is 207 g/mol. The fourth-order valence-corrected chi connectivity index (χ4v) is 2.87. The van der Waals surface area contributed by atoms with Crippen LogP contribution in [-0.4, -0.2) is 18.1 Å². The fraction of sp³-hybridized carbons (Fsp3) is 0.500. The summed E-state index contributed by atoms with van der Waals surface area (Å²) in [7, 11) is 0. The van der Waals surface area contributed by atoms with Gasteiger partial charge in [0.2, 0.25) is 0 Å². The van der Waals surface area contributed by atoms with Crippen molar-refractivity contribution in [3.05, 3.63) is 35.4 Å². The molecule has 1 fully saturated rings. The minimum Gasteiger partial charge on any atom is -0.309 e. The third-order valence-corrected chi connectivity index (χ3v) is 3.73. The van der Waals surface area contributed by atoms with Gasteiger partial charge in [0.1, 0.15) is 0 Å². The first-order valence-corrected chi connectivity index (χ1v) is 6.39. The number of benzene rings is 1. The van der Waals surface area contributed by atoms with E-state index >= 15 is 0 Å². The van der Waals surface area contributed by atoms with E-state index < -0.39 is 0 Å². The van der Waals surface area contributed by atoms with E-state index in [0.717, 1.165) is 6.54 Å². The summed E-state index contributed by atoms with van der Waals surface area (Å²) in [5, 5.41) is 3.60. The second-order valence-electron chi connectivity index (χ2n) is 3.85. The minimum atomic E-state index is 0.558. The van der Waals surface area contributed by atoms with Crippen LogP contribution in [0.25, 0.3) is 0 Å². The van der Waals surface area contributed by atoms with Crippen molar-refractivity contribution in [2.75, 3.05) is 18.1 Å². The third kappa shape index (κ3) is 2.52. The fourth-order valence-electron chi connectivity index (χ4n) is 1.81. The molecule has 1 nitrogen and oxygen atoms in total. The van der Waals surface area contributed by atoms with Gasteiger partial charge in [0.05, 0.1) is 0 Å². The van der Waals surface area contributed by atoms with Crippen molar-refractivity contribution in [3.63, 3.8) is 0 Å². The number of hydrogen-bond acceptors (Lipinski definition) is 2. The molecule has 0 saturated carbocycles. The average Bonchev–Trinajstić information content (AvgIpc) is 2.45. The van der Waals surface area contributed by atoms with Gasteiger partial charge < -0.3 is 5.32 Å². The molecule has 0 amide bonds. The lowest BCUT2D eigenvalue weighted by atomic mass is 10.1. The minimum absolute atomic E-state index is 0.558. The zero-order chi connectivity index (χ0) is 9.80. The molecular weight excluding hydrogens is 190 g/mol. The highest BCUT2D eigenvalue weighted by Crippen LogP contribution is 2.22. The van der Waals surface area contributed by atoms with E-state index in [4.69, 9.17) is 0 Å². The Hall–Kier alpha value is -0.470. The van der Waals surface area contributed by atoms with E-state index in [2.05, 4.69) is 48.3 Å². The van der Waals surface area contributed by atoms with Crippen LogP contribution in [0.15, 0.2) is 24.3 Å². The first-order chi connectivity index (χ1) is 6.86. The van der Waals surface area contributed by atoms with Crippen LogP contribution in [0, 0.1) is 6.92 Å². The zero-order valence-electron chi connectivity index (χ0n) is 8.62. The van der Waals surface area contributed by atoms with Crippen molar-refractivity contribution in [3.8, 4) is 0 Å². The monoisotopic (exact) mass is 207 g/mol. The topological polar surface area (TPSA) is 12.0 Å². The molecular formula is C12H17NS. The predicted molar refractivity (Wildman–Crippen MR) is 63.9 cm³/mol. The molecule has 0 aromatic heterocycles. The summed E-state index contributed by atoms with van der Waals surface area (Å²) in [4.78, 5) is 0. The highest BCUT2D eigenvalue weighted by Gasteiger charge is 2.13. The molecule has 1 saturated heterocycles. The molecule has 0 spiro atoms. The number of hydrogen-bond donors (Lipinski definition) is 1. The first kappa shape index (κ1) is 10.1. The summed E-state index contributed by atoms with van der Waals surface area (Å²) in [5.41, 5.74) is 2.80. The molecule has 1 aromatic rings. The second kappa shape index (κ2) is 4.85. The Morgan fingerprint density at radius 3 is 3.21 bits per heavy atom. The smallest absolute Gasteiger partial charge is 0.0411 e. The normalized spacial score (nSPS) is 23.1. The maximum absolute atomic E-state index is 3.60. The Bertz CT molecular complexity index is 290. The van der Waals surface area contributed by atoms with Crippen LogP contribution in [0.5, 0.6) is 0 Å². The summed E-state index contributed by atoms with van der Waals surface area (Å²) in [6.07, 6.45) is 1.30. The van der Waals surface area contributed by atoms with Gasteiger partial charge in [-0.2, -0.15) is 11.8 Å². The summed E-state index contributed by atoms with van der Waals surface area (Å²) in [6.45, 7) is 3.32. The molecule has 1 unspecified atom stereocenters. The Labute approximate surface area is 90.3 Å². The molecule has 0 bridgehead atoms. The lowest BCUT2D eigenvalue weighted by Gasteiger charge is -2.16. The molecule has 2 heteroatoms. The molecule has 1 heterocycles. The van der Waals surface area contributed by atoms with Crippen LogP contribution < -0.4 is 5.32 Å². The van der Waals surface area contributed by atoms with Crippen LogP contribution >= 0.6 is 11.8 Å². The number of aryl methyl sites for hydroxylation is 1. The van der Waals surface area contributed by atoms with Gasteiger partial charge >= 0.3 is 0 Å². The molecule has 2 rings (SSSR count). The van der Waals surface area contributed by atoms with Crippen LogP contribution in [0.2, 0.25) is 0 Å². The first-order valence-electron chi connectivity index (χ1n) is 5.24. The number of nitrogens with one attached hydrogen (secondary N) is 1. The predicted octanol–water partition coefficient (Wildman–Crippen LogP) is 2.76. The van der Waals surface area contributed by atoms with Crippen molar-refractivity contribution < 1.29 is 0 Å². The summed E-state index contributed by atoms with van der Waals surface area (Å²) in [5.74, 6) is 2.51. The molecule has 1 atom stereocenters. The van der Waals surface area contributed by atoms with Crippen molar-refractivity contribution >= 4 is 11.8 Å². The van der Waals surface area contributed by atoms with Gasteiger partial charge in [0.15, 0.2) is 0 Å². The summed E-state index contributed by atoms with van der Waals surface area (Å²) >= 11 is 2.06. The molecule has 1 aromatic carbocycles. The van der Waals surface area contributed by atoms with Crippen LogP contribution in [-0.2, 0) is 0 Å². The molecule has 1 aliphatic heterocycles. The van der Waals surface area contributed by atoms with E-state index in [1.807, 2.05) is 0 Å². The van der Waals surface area contributed by atoms with Gasteiger partial charge in [0.25, 0.3) is 0 Å². The van der Waals surface area contributed by atoms with E-state index in [0.29, 0.717) is 6.04 Å². The lowest BCUT2D eigenvalue weighted by molar-refractivity contribution is 0.589. The molecule has 1 N–H and O–H groups in total. The maximum Gasteiger partial charge on any atom is 0.0411 e. The van der Waals surface area contributed by atoms with Gasteiger partial charge in [-0.15, -0.1) is 0 Å². The number of thioether (sulfide) groups is 1. The standard InChI is InChI=1S/C12H17NS/c1-10-4-2-5-11(8-10)12-9-14-7-3-6-13-12/h2,4-5,8,12-13H,3,6-7,9H2,1H3. The van der Waals surface area contributed by atoms with Crippen LogP contribution in [0.1, 0.15) is 23.6 Å². The summed E-state index contributed by atoms with van der Waals surface area (Å²) in [6, 6.07) is 9.40. The van der Waals surface area contributed by atoms with Crippen molar-refractivity contribution in [1.82, 2.24) is 5.32 Å². The second-order valence-corrected chi connectivity index (χ2v) is 5.00. The van der Waals surface area contributed by atoms with Crippen molar-refractivity contribution in [1.29, 1.82) is 0 Å². The Balaban J connectivity index is 2.12.